The first kappa shape index (κ1) is 14.8. The number of rotatable bonds is 3. The van der Waals surface area contributed by atoms with Crippen LogP contribution in [0.25, 0.3) is 0 Å². The molecule has 0 aromatic heterocycles. The molecular formula is C19H21NO2. The predicted octanol–water partition coefficient (Wildman–Crippen LogP) is 3.83. The molecule has 0 saturated carbocycles. The molecule has 114 valence electrons. The largest absolute Gasteiger partial charge is 0.384 e. The summed E-state index contributed by atoms with van der Waals surface area (Å²) in [5.74, 6) is -0.0534. The molecule has 0 aliphatic carbocycles. The average molecular weight is 295 g/mol. The fourth-order valence-corrected chi connectivity index (χ4v) is 3.26. The molecule has 1 amide bonds. The first-order valence-electron chi connectivity index (χ1n) is 7.72. The Hall–Kier alpha value is -2.13. The quantitative estimate of drug-likeness (QED) is 0.904. The van der Waals surface area contributed by atoms with Gasteiger partial charge >= 0.3 is 0 Å². The van der Waals surface area contributed by atoms with Gasteiger partial charge in [0.2, 0.25) is 5.91 Å². The van der Waals surface area contributed by atoms with E-state index in [2.05, 4.69) is 5.32 Å². The van der Waals surface area contributed by atoms with E-state index in [1.807, 2.05) is 57.2 Å². The lowest BCUT2D eigenvalue weighted by molar-refractivity contribution is -0.117. The molecule has 3 heteroatoms. The van der Waals surface area contributed by atoms with E-state index in [4.69, 9.17) is 0 Å². The molecule has 0 saturated heterocycles. The molecule has 2 N–H and O–H groups in total. The maximum Gasteiger partial charge on any atom is 0.232 e. The van der Waals surface area contributed by atoms with Crippen molar-refractivity contribution in [1.82, 2.24) is 0 Å². The van der Waals surface area contributed by atoms with Crippen LogP contribution in [0.5, 0.6) is 0 Å². The molecule has 3 nitrogen and oxygen atoms in total. The van der Waals surface area contributed by atoms with Gasteiger partial charge in [0.1, 0.15) is 6.10 Å². The molecule has 2 aromatic carbocycles. The van der Waals surface area contributed by atoms with Crippen molar-refractivity contribution < 1.29 is 9.90 Å². The topological polar surface area (TPSA) is 49.3 Å². The van der Waals surface area contributed by atoms with Gasteiger partial charge in [0.05, 0.1) is 5.92 Å². The number of aliphatic hydroxyl groups excluding tert-OH is 1. The lowest BCUT2D eigenvalue weighted by Gasteiger charge is -2.19. The standard InChI is InChI=1S/C19H21NO2/c1-4-14-16-10-15(18(21)13-8-6-5-7-9-13)11(2)12(3)17(16)20-19(14)22/h5-10,14,18,21H,4H2,1-3H3,(H,20,22). The van der Waals surface area contributed by atoms with Gasteiger partial charge in [-0.25, -0.2) is 0 Å². The average Bonchev–Trinajstić information content (AvgIpc) is 2.86. The normalized spacial score (nSPS) is 18.0. The molecule has 2 unspecified atom stereocenters. The summed E-state index contributed by atoms with van der Waals surface area (Å²) in [6, 6.07) is 11.6. The lowest BCUT2D eigenvalue weighted by Crippen LogP contribution is -2.10. The molecule has 0 spiro atoms. The van der Waals surface area contributed by atoms with Gasteiger partial charge in [0.15, 0.2) is 0 Å². The number of amides is 1. The second-order valence-electron chi connectivity index (χ2n) is 5.94. The Morgan fingerprint density at radius 1 is 1.18 bits per heavy atom. The summed E-state index contributed by atoms with van der Waals surface area (Å²) in [7, 11) is 0. The third-order valence-corrected chi connectivity index (χ3v) is 4.73. The summed E-state index contributed by atoms with van der Waals surface area (Å²) in [6.45, 7) is 6.03. The Balaban J connectivity index is 2.13. The zero-order valence-corrected chi connectivity index (χ0v) is 13.2. The minimum absolute atomic E-state index is 0.0614. The number of hydrogen-bond acceptors (Lipinski definition) is 2. The summed E-state index contributed by atoms with van der Waals surface area (Å²) in [4.78, 5) is 12.1. The van der Waals surface area contributed by atoms with Gasteiger partial charge in [0.25, 0.3) is 0 Å². The number of carbonyl (C=O) groups is 1. The highest BCUT2D eigenvalue weighted by Gasteiger charge is 2.32. The minimum atomic E-state index is -0.668. The first-order valence-corrected chi connectivity index (χ1v) is 7.72. The third-order valence-electron chi connectivity index (χ3n) is 4.73. The molecule has 3 rings (SSSR count). The van der Waals surface area contributed by atoms with E-state index in [9.17, 15) is 9.90 Å². The molecule has 0 radical (unpaired) electrons. The van der Waals surface area contributed by atoms with Crippen LogP contribution in [0.4, 0.5) is 5.69 Å². The molecule has 0 bridgehead atoms. The van der Waals surface area contributed by atoms with Gasteiger partial charge in [-0.1, -0.05) is 37.3 Å². The van der Waals surface area contributed by atoms with Crippen LogP contribution < -0.4 is 5.32 Å². The van der Waals surface area contributed by atoms with Gasteiger partial charge in [-0.2, -0.15) is 0 Å². The molecule has 0 fully saturated rings. The highest BCUT2D eigenvalue weighted by atomic mass is 16.3. The van der Waals surface area contributed by atoms with Crippen molar-refractivity contribution in [1.29, 1.82) is 0 Å². The number of nitrogens with one attached hydrogen (secondary N) is 1. The lowest BCUT2D eigenvalue weighted by atomic mass is 9.88. The summed E-state index contributed by atoms with van der Waals surface area (Å²) >= 11 is 0. The van der Waals surface area contributed by atoms with Crippen LogP contribution in [0.3, 0.4) is 0 Å². The smallest absolute Gasteiger partial charge is 0.232 e. The maximum absolute atomic E-state index is 12.1. The summed E-state index contributed by atoms with van der Waals surface area (Å²) in [6.07, 6.45) is 0.0979. The zero-order valence-electron chi connectivity index (χ0n) is 13.2. The van der Waals surface area contributed by atoms with Crippen molar-refractivity contribution in [2.45, 2.75) is 39.2 Å². The zero-order chi connectivity index (χ0) is 15.9. The molecular weight excluding hydrogens is 274 g/mol. The minimum Gasteiger partial charge on any atom is -0.384 e. The monoisotopic (exact) mass is 295 g/mol. The summed E-state index contributed by atoms with van der Waals surface area (Å²) < 4.78 is 0. The van der Waals surface area contributed by atoms with E-state index in [0.29, 0.717) is 0 Å². The second kappa shape index (κ2) is 5.58. The molecule has 1 aliphatic rings. The van der Waals surface area contributed by atoms with Crippen LogP contribution in [0, 0.1) is 13.8 Å². The molecule has 1 aliphatic heterocycles. The maximum atomic E-state index is 12.1. The van der Waals surface area contributed by atoms with E-state index in [1.165, 1.54) is 0 Å². The number of anilines is 1. The van der Waals surface area contributed by atoms with E-state index in [1.54, 1.807) is 0 Å². The Kier molecular flexibility index (Phi) is 3.75. The Bertz CT molecular complexity index is 722. The van der Waals surface area contributed by atoms with Crippen LogP contribution in [0.2, 0.25) is 0 Å². The number of aliphatic hydroxyl groups is 1. The van der Waals surface area contributed by atoms with Gasteiger partial charge < -0.3 is 10.4 Å². The Morgan fingerprint density at radius 2 is 1.86 bits per heavy atom. The van der Waals surface area contributed by atoms with Crippen LogP contribution in [-0.2, 0) is 4.79 Å². The number of carbonyl (C=O) groups excluding carboxylic acids is 1. The SMILES string of the molecule is CCC1C(=O)Nc2c1cc(C(O)c1ccccc1)c(C)c2C. The van der Waals surface area contributed by atoms with Crippen molar-refractivity contribution in [2.24, 2.45) is 0 Å². The molecule has 2 aromatic rings. The summed E-state index contributed by atoms with van der Waals surface area (Å²) in [5, 5.41) is 13.7. The number of fused-ring (bicyclic) bond motifs is 1. The van der Waals surface area contributed by atoms with Crippen LogP contribution in [0.1, 0.15) is 53.2 Å². The number of benzene rings is 2. The Labute approximate surface area is 131 Å². The van der Waals surface area contributed by atoms with Crippen molar-refractivity contribution >= 4 is 11.6 Å². The molecule has 2 atom stereocenters. The summed E-state index contributed by atoms with van der Waals surface area (Å²) in [5.41, 5.74) is 5.78. The highest BCUT2D eigenvalue weighted by molar-refractivity contribution is 6.04. The molecule has 1 heterocycles. The highest BCUT2D eigenvalue weighted by Crippen LogP contribution is 2.41. The first-order chi connectivity index (χ1) is 10.5. The van der Waals surface area contributed by atoms with Gasteiger partial charge in [-0.05, 0) is 54.2 Å². The van der Waals surface area contributed by atoms with Gasteiger partial charge in [-0.15, -0.1) is 0 Å². The van der Waals surface area contributed by atoms with Gasteiger partial charge in [-0.3, -0.25) is 4.79 Å². The molecule has 22 heavy (non-hydrogen) atoms. The third kappa shape index (κ3) is 2.22. The van der Waals surface area contributed by atoms with E-state index < -0.39 is 6.10 Å². The van der Waals surface area contributed by atoms with Crippen molar-refractivity contribution in [2.75, 3.05) is 5.32 Å². The van der Waals surface area contributed by atoms with Crippen molar-refractivity contribution in [3.63, 3.8) is 0 Å². The van der Waals surface area contributed by atoms with Gasteiger partial charge in [0, 0.05) is 5.69 Å². The van der Waals surface area contributed by atoms with Crippen molar-refractivity contribution in [3.8, 4) is 0 Å². The Morgan fingerprint density at radius 3 is 2.50 bits per heavy atom. The fourth-order valence-electron chi connectivity index (χ4n) is 3.26. The van der Waals surface area contributed by atoms with Crippen LogP contribution >= 0.6 is 0 Å². The van der Waals surface area contributed by atoms with E-state index in [0.717, 1.165) is 39.9 Å². The number of hydrogen-bond donors (Lipinski definition) is 2. The fraction of sp³-hybridized carbons (Fsp3) is 0.316. The van der Waals surface area contributed by atoms with Crippen LogP contribution in [0.15, 0.2) is 36.4 Å². The van der Waals surface area contributed by atoms with E-state index in [-0.39, 0.29) is 11.8 Å². The van der Waals surface area contributed by atoms with Crippen LogP contribution in [-0.4, -0.2) is 11.0 Å². The van der Waals surface area contributed by atoms with E-state index >= 15 is 0 Å². The predicted molar refractivity (Wildman–Crippen MR) is 88.1 cm³/mol. The van der Waals surface area contributed by atoms with Crippen molar-refractivity contribution in [3.05, 3.63) is 64.2 Å². The second-order valence-corrected chi connectivity index (χ2v) is 5.94.